The molecule has 0 saturated carbocycles. The predicted octanol–water partition coefficient (Wildman–Crippen LogP) is 4.08. The number of nitrogens with one attached hydrogen (secondary N) is 1. The topological polar surface area (TPSA) is 126 Å². The van der Waals surface area contributed by atoms with Crippen LogP contribution < -0.4 is 14.4 Å². The van der Waals surface area contributed by atoms with Crippen molar-refractivity contribution >= 4 is 27.6 Å². The lowest BCUT2D eigenvalue weighted by Crippen LogP contribution is -2.33. The first-order valence-corrected chi connectivity index (χ1v) is 13.2. The maximum Gasteiger partial charge on any atom is 0.329 e. The number of esters is 1. The average Bonchev–Trinajstić information content (AvgIpc) is 3.59. The zero-order valence-electron chi connectivity index (χ0n) is 19.8. The van der Waals surface area contributed by atoms with E-state index < -0.39 is 33.9 Å². The summed E-state index contributed by atoms with van der Waals surface area (Å²) in [4.78, 5) is 26.6. The third-order valence-electron chi connectivity index (χ3n) is 6.16. The van der Waals surface area contributed by atoms with Gasteiger partial charge in [0.15, 0.2) is 6.04 Å². The van der Waals surface area contributed by atoms with Crippen LogP contribution in [-0.4, -0.2) is 38.6 Å². The number of carbonyl (C=O) groups is 2. The summed E-state index contributed by atoms with van der Waals surface area (Å²) in [5, 5.41) is 9.39. The molecule has 0 aliphatic carbocycles. The molecule has 1 aliphatic rings. The number of carbonyl (C=O) groups excluding carboxylic acids is 1. The zero-order valence-corrected chi connectivity index (χ0v) is 20.6. The van der Waals surface area contributed by atoms with E-state index in [4.69, 9.17) is 9.15 Å². The first-order chi connectivity index (χ1) is 17.3. The Labute approximate surface area is 209 Å². The van der Waals surface area contributed by atoms with E-state index in [-0.39, 0.29) is 16.4 Å². The van der Waals surface area contributed by atoms with Crippen LogP contribution in [0.5, 0.6) is 5.75 Å². The number of hydrogen-bond donors (Lipinski definition) is 2. The summed E-state index contributed by atoms with van der Waals surface area (Å²) in [6.07, 6.45) is 4.17. The third-order valence-corrected chi connectivity index (χ3v) is 7.60. The van der Waals surface area contributed by atoms with Crippen LogP contribution in [0.1, 0.15) is 49.5 Å². The van der Waals surface area contributed by atoms with E-state index in [1.54, 1.807) is 0 Å². The predicted molar refractivity (Wildman–Crippen MR) is 132 cm³/mol. The molecule has 0 radical (unpaired) electrons. The maximum atomic E-state index is 12.9. The number of aliphatic carboxylic acids is 1. The van der Waals surface area contributed by atoms with E-state index in [1.807, 2.05) is 31.2 Å². The van der Waals surface area contributed by atoms with Gasteiger partial charge in [0.2, 0.25) is 10.0 Å². The molecule has 2 unspecified atom stereocenters. The van der Waals surface area contributed by atoms with Crippen molar-refractivity contribution in [2.24, 2.45) is 0 Å². The van der Waals surface area contributed by atoms with Crippen LogP contribution in [-0.2, 0) is 19.6 Å². The van der Waals surface area contributed by atoms with Gasteiger partial charge in [-0.05, 0) is 73.4 Å². The van der Waals surface area contributed by atoms with Crippen molar-refractivity contribution in [2.45, 2.75) is 43.0 Å². The summed E-state index contributed by atoms with van der Waals surface area (Å²) in [6.45, 7) is 3.98. The van der Waals surface area contributed by atoms with Gasteiger partial charge in [-0.3, -0.25) is 4.79 Å². The van der Waals surface area contributed by atoms with E-state index in [0.29, 0.717) is 6.42 Å². The highest BCUT2D eigenvalue weighted by atomic mass is 32.2. The number of rotatable bonds is 10. The van der Waals surface area contributed by atoms with Crippen LogP contribution in [0, 0.1) is 0 Å². The number of furan rings is 1. The van der Waals surface area contributed by atoms with Crippen LogP contribution in [0.2, 0.25) is 0 Å². The van der Waals surface area contributed by atoms with Crippen molar-refractivity contribution in [1.29, 1.82) is 0 Å². The first-order valence-electron chi connectivity index (χ1n) is 11.7. The minimum absolute atomic E-state index is 0.0457. The summed E-state index contributed by atoms with van der Waals surface area (Å²) in [7, 11) is -4.19. The number of sulfonamides is 1. The van der Waals surface area contributed by atoms with Gasteiger partial charge in [0.1, 0.15) is 11.5 Å². The lowest BCUT2D eigenvalue weighted by molar-refractivity contribution is -0.139. The smallest absolute Gasteiger partial charge is 0.329 e. The highest BCUT2D eigenvalue weighted by molar-refractivity contribution is 7.89. The van der Waals surface area contributed by atoms with Crippen LogP contribution >= 0.6 is 0 Å². The number of anilines is 1. The first kappa shape index (κ1) is 25.5. The Hall–Kier alpha value is -3.63. The molecule has 3 aromatic rings. The molecule has 190 valence electrons. The van der Waals surface area contributed by atoms with Gasteiger partial charge >= 0.3 is 11.9 Å². The lowest BCUT2D eigenvalue weighted by atomic mass is 9.96. The Bertz CT molecular complexity index is 1280. The molecule has 2 atom stereocenters. The standard InChI is InChI=1S/C26H28N2O7S/c1-2-22(18-7-9-19(10-8-18)28-15-3-4-16-28)26(31)35-20-11-13-21(14-12-20)36(32,33)27-24(25(29)30)23-6-5-17-34-23/h5-14,17,22,24,27H,2-4,15-16H2,1H3,(H,29,30). The molecular formula is C26H28N2O7S. The Kier molecular flexibility index (Phi) is 7.76. The highest BCUT2D eigenvalue weighted by Crippen LogP contribution is 2.27. The van der Waals surface area contributed by atoms with Crippen LogP contribution in [0.4, 0.5) is 5.69 Å². The fraction of sp³-hybridized carbons (Fsp3) is 0.308. The van der Waals surface area contributed by atoms with Crippen molar-refractivity contribution in [3.05, 3.63) is 78.3 Å². The second-order valence-electron chi connectivity index (χ2n) is 8.55. The summed E-state index contributed by atoms with van der Waals surface area (Å²) < 4.78 is 38.1. The molecule has 0 bridgehead atoms. The Morgan fingerprint density at radius 2 is 1.72 bits per heavy atom. The molecule has 2 aromatic carbocycles. The van der Waals surface area contributed by atoms with E-state index in [1.165, 1.54) is 55.5 Å². The largest absolute Gasteiger partial charge is 0.480 e. The van der Waals surface area contributed by atoms with Gasteiger partial charge in [-0.1, -0.05) is 19.1 Å². The van der Waals surface area contributed by atoms with Gasteiger partial charge in [-0.15, -0.1) is 0 Å². The fourth-order valence-electron chi connectivity index (χ4n) is 4.21. The van der Waals surface area contributed by atoms with Crippen LogP contribution in [0.3, 0.4) is 0 Å². The zero-order chi connectivity index (χ0) is 25.7. The number of ether oxygens (including phenoxy) is 1. The van der Waals surface area contributed by atoms with Crippen molar-refractivity contribution in [2.75, 3.05) is 18.0 Å². The normalized spacial score (nSPS) is 15.4. The Morgan fingerprint density at radius 1 is 1.06 bits per heavy atom. The second kappa shape index (κ2) is 11.0. The molecule has 2 heterocycles. The van der Waals surface area contributed by atoms with E-state index in [0.717, 1.165) is 24.3 Å². The number of carboxylic acids is 1. The molecule has 1 aliphatic heterocycles. The van der Waals surface area contributed by atoms with Crippen molar-refractivity contribution in [1.82, 2.24) is 4.72 Å². The molecule has 1 fully saturated rings. The maximum absolute atomic E-state index is 12.9. The molecular weight excluding hydrogens is 484 g/mol. The van der Waals surface area contributed by atoms with E-state index in [2.05, 4.69) is 9.62 Å². The van der Waals surface area contributed by atoms with Crippen LogP contribution in [0.15, 0.2) is 76.2 Å². The fourth-order valence-corrected chi connectivity index (χ4v) is 5.37. The van der Waals surface area contributed by atoms with E-state index >= 15 is 0 Å². The number of carboxylic acid groups (broad SMARTS) is 1. The molecule has 36 heavy (non-hydrogen) atoms. The van der Waals surface area contributed by atoms with Crippen LogP contribution in [0.25, 0.3) is 0 Å². The number of hydrogen-bond acceptors (Lipinski definition) is 7. The Balaban J connectivity index is 1.42. The summed E-state index contributed by atoms with van der Waals surface area (Å²) in [5.41, 5.74) is 1.99. The molecule has 10 heteroatoms. The van der Waals surface area contributed by atoms with Gasteiger partial charge in [0.05, 0.1) is 17.1 Å². The molecule has 1 saturated heterocycles. The monoisotopic (exact) mass is 512 g/mol. The van der Waals surface area contributed by atoms with E-state index in [9.17, 15) is 23.1 Å². The van der Waals surface area contributed by atoms with Gasteiger partial charge in [-0.25, -0.2) is 13.2 Å². The molecule has 0 spiro atoms. The minimum atomic E-state index is -4.19. The number of nitrogens with zero attached hydrogens (tertiary/aromatic N) is 1. The van der Waals surface area contributed by atoms with Gasteiger partial charge in [-0.2, -0.15) is 4.72 Å². The van der Waals surface area contributed by atoms with Crippen molar-refractivity contribution in [3.8, 4) is 5.75 Å². The molecule has 2 N–H and O–H groups in total. The molecule has 4 rings (SSSR count). The Morgan fingerprint density at radius 3 is 2.28 bits per heavy atom. The van der Waals surface area contributed by atoms with Crippen molar-refractivity contribution in [3.63, 3.8) is 0 Å². The summed E-state index contributed by atoms with van der Waals surface area (Å²) in [5.74, 6) is -2.17. The van der Waals surface area contributed by atoms with Gasteiger partial charge in [0.25, 0.3) is 0 Å². The molecule has 0 amide bonds. The summed E-state index contributed by atoms with van der Waals surface area (Å²) >= 11 is 0. The van der Waals surface area contributed by atoms with Gasteiger partial charge < -0.3 is 19.2 Å². The quantitative estimate of drug-likeness (QED) is 0.307. The SMILES string of the molecule is CCC(C(=O)Oc1ccc(S(=O)(=O)NC(C(=O)O)c2ccco2)cc1)c1ccc(N2CCCC2)cc1. The molecule has 1 aromatic heterocycles. The third kappa shape index (κ3) is 5.77. The summed E-state index contributed by atoms with van der Waals surface area (Å²) in [6, 6.07) is 14.4. The van der Waals surface area contributed by atoms with Crippen molar-refractivity contribution < 1.29 is 32.3 Å². The van der Waals surface area contributed by atoms with Gasteiger partial charge in [0, 0.05) is 18.8 Å². The minimum Gasteiger partial charge on any atom is -0.480 e. The second-order valence-corrected chi connectivity index (χ2v) is 10.3. The molecule has 9 nitrogen and oxygen atoms in total. The lowest BCUT2D eigenvalue weighted by Gasteiger charge is -2.19. The number of benzene rings is 2. The average molecular weight is 513 g/mol. The highest BCUT2D eigenvalue weighted by Gasteiger charge is 2.29.